The molecule has 3 heterocycles. The van der Waals surface area contributed by atoms with Crippen LogP contribution in [-0.4, -0.2) is 76.5 Å². The average Bonchev–Trinajstić information content (AvgIpc) is 3.54. The van der Waals surface area contributed by atoms with E-state index in [1.165, 1.54) is 6.33 Å². The molecule has 10 nitrogen and oxygen atoms in total. The fraction of sp³-hybridized carbons (Fsp3) is 0.478. The Morgan fingerprint density at radius 3 is 2.94 bits per heavy atom. The molecule has 174 valence electrons. The molecule has 1 aliphatic heterocycles. The molecule has 2 fully saturated rings. The van der Waals surface area contributed by atoms with Gasteiger partial charge in [0.25, 0.3) is 0 Å². The standard InChI is InChI=1S/C23H29N7O3/c31-22(26-16-2-3-16)13-17-12-21(29-28-17)27-23-19-5-4-18(14-20(19)24-15-25-23)33-9-1-6-30-7-10-32-11-8-30/h4-5,12,14-16H,1-3,6-11,13H2,(H,26,31)(H2,24,25,27,28,29). The summed E-state index contributed by atoms with van der Waals surface area (Å²) in [6, 6.07) is 7.99. The van der Waals surface area contributed by atoms with Gasteiger partial charge >= 0.3 is 0 Å². The second kappa shape index (κ2) is 10.1. The fourth-order valence-corrected chi connectivity index (χ4v) is 3.85. The van der Waals surface area contributed by atoms with Gasteiger partial charge in [0.05, 0.1) is 31.8 Å². The predicted octanol–water partition coefficient (Wildman–Crippen LogP) is 2.02. The normalized spacial score (nSPS) is 16.6. The van der Waals surface area contributed by atoms with Gasteiger partial charge in [-0.15, -0.1) is 0 Å². The number of carbonyl (C=O) groups excluding carboxylic acids is 1. The van der Waals surface area contributed by atoms with Crippen LogP contribution in [0.4, 0.5) is 11.6 Å². The Morgan fingerprint density at radius 1 is 1.21 bits per heavy atom. The lowest BCUT2D eigenvalue weighted by atomic mass is 10.2. The second-order valence-corrected chi connectivity index (χ2v) is 8.48. The van der Waals surface area contributed by atoms with Gasteiger partial charge in [0.1, 0.15) is 17.9 Å². The van der Waals surface area contributed by atoms with Gasteiger partial charge in [-0.25, -0.2) is 9.97 Å². The first-order valence-electron chi connectivity index (χ1n) is 11.5. The van der Waals surface area contributed by atoms with E-state index in [0.717, 1.165) is 74.5 Å². The molecule has 0 unspecified atom stereocenters. The van der Waals surface area contributed by atoms with Crippen molar-refractivity contribution in [3.63, 3.8) is 0 Å². The summed E-state index contributed by atoms with van der Waals surface area (Å²) in [5.74, 6) is 2.06. The van der Waals surface area contributed by atoms with Crippen LogP contribution in [0.5, 0.6) is 5.75 Å². The number of amides is 1. The van der Waals surface area contributed by atoms with Crippen LogP contribution in [-0.2, 0) is 16.0 Å². The third-order valence-electron chi connectivity index (χ3n) is 5.77. The van der Waals surface area contributed by atoms with Gasteiger partial charge < -0.3 is 20.1 Å². The van der Waals surface area contributed by atoms with E-state index in [1.54, 1.807) is 0 Å². The first-order valence-corrected chi connectivity index (χ1v) is 11.5. The van der Waals surface area contributed by atoms with Crippen LogP contribution in [0.3, 0.4) is 0 Å². The van der Waals surface area contributed by atoms with E-state index in [9.17, 15) is 4.79 Å². The summed E-state index contributed by atoms with van der Waals surface area (Å²) < 4.78 is 11.3. The maximum absolute atomic E-state index is 12.0. The molecule has 1 amide bonds. The zero-order valence-corrected chi connectivity index (χ0v) is 18.5. The Balaban J connectivity index is 1.16. The molecular weight excluding hydrogens is 422 g/mol. The SMILES string of the molecule is O=C(Cc1cc(Nc2ncnc3cc(OCCCN4CCOCC4)ccc23)n[nH]1)NC1CC1. The summed E-state index contributed by atoms with van der Waals surface area (Å²) in [6.45, 7) is 5.29. The molecule has 3 N–H and O–H groups in total. The van der Waals surface area contributed by atoms with Crippen LogP contribution < -0.4 is 15.4 Å². The molecule has 5 rings (SSSR count). The van der Waals surface area contributed by atoms with E-state index in [-0.39, 0.29) is 12.3 Å². The number of carbonyl (C=O) groups is 1. The highest BCUT2D eigenvalue weighted by Gasteiger charge is 2.23. The van der Waals surface area contributed by atoms with E-state index in [0.29, 0.717) is 24.3 Å². The third-order valence-corrected chi connectivity index (χ3v) is 5.77. The lowest BCUT2D eigenvalue weighted by molar-refractivity contribution is -0.120. The summed E-state index contributed by atoms with van der Waals surface area (Å²) in [4.78, 5) is 23.1. The van der Waals surface area contributed by atoms with Crippen LogP contribution in [0.1, 0.15) is 25.0 Å². The number of hydrogen-bond acceptors (Lipinski definition) is 8. The monoisotopic (exact) mass is 451 g/mol. The molecule has 2 aromatic heterocycles. The Bertz CT molecular complexity index is 1090. The smallest absolute Gasteiger partial charge is 0.226 e. The highest BCUT2D eigenvalue weighted by molar-refractivity contribution is 5.91. The second-order valence-electron chi connectivity index (χ2n) is 8.48. The predicted molar refractivity (Wildman–Crippen MR) is 124 cm³/mol. The Hall–Kier alpha value is -3.24. The summed E-state index contributed by atoms with van der Waals surface area (Å²) in [5, 5.41) is 14.2. The Labute approximate surface area is 192 Å². The van der Waals surface area contributed by atoms with Crippen molar-refractivity contribution in [2.24, 2.45) is 0 Å². The lowest BCUT2D eigenvalue weighted by Crippen LogP contribution is -2.37. The largest absolute Gasteiger partial charge is 0.493 e. The molecule has 1 saturated heterocycles. The fourth-order valence-electron chi connectivity index (χ4n) is 3.85. The number of anilines is 2. The molecular formula is C23H29N7O3. The minimum Gasteiger partial charge on any atom is -0.493 e. The molecule has 0 radical (unpaired) electrons. The summed E-state index contributed by atoms with van der Waals surface area (Å²) in [6.07, 6.45) is 4.91. The third kappa shape index (κ3) is 5.96. The number of rotatable bonds is 10. The molecule has 0 spiro atoms. The van der Waals surface area contributed by atoms with Crippen molar-refractivity contribution in [2.45, 2.75) is 31.7 Å². The van der Waals surface area contributed by atoms with Crippen molar-refractivity contribution in [3.8, 4) is 5.75 Å². The lowest BCUT2D eigenvalue weighted by Gasteiger charge is -2.26. The van der Waals surface area contributed by atoms with Crippen LogP contribution in [0.25, 0.3) is 10.9 Å². The highest BCUT2D eigenvalue weighted by atomic mass is 16.5. The molecule has 2 aliphatic rings. The number of fused-ring (bicyclic) bond motifs is 1. The number of nitrogens with zero attached hydrogens (tertiary/aromatic N) is 4. The molecule has 1 aliphatic carbocycles. The number of aromatic amines is 1. The van der Waals surface area contributed by atoms with Gasteiger partial charge in [-0.3, -0.25) is 14.8 Å². The van der Waals surface area contributed by atoms with Gasteiger partial charge in [0, 0.05) is 48.9 Å². The molecule has 1 saturated carbocycles. The van der Waals surface area contributed by atoms with Crippen molar-refractivity contribution in [2.75, 3.05) is 44.8 Å². The Kier molecular flexibility index (Phi) is 6.63. The summed E-state index contributed by atoms with van der Waals surface area (Å²) in [5.41, 5.74) is 1.54. The molecule has 0 bridgehead atoms. The quantitative estimate of drug-likeness (QED) is 0.401. The number of H-pyrrole nitrogens is 1. The number of morpholine rings is 1. The van der Waals surface area contributed by atoms with Crippen molar-refractivity contribution in [1.82, 2.24) is 30.4 Å². The number of aromatic nitrogens is 4. The molecule has 1 aromatic carbocycles. The Morgan fingerprint density at radius 2 is 2.09 bits per heavy atom. The molecule has 0 atom stereocenters. The van der Waals surface area contributed by atoms with E-state index < -0.39 is 0 Å². The van der Waals surface area contributed by atoms with Crippen molar-refractivity contribution in [3.05, 3.63) is 36.3 Å². The first-order chi connectivity index (χ1) is 16.2. The van der Waals surface area contributed by atoms with Crippen molar-refractivity contribution < 1.29 is 14.3 Å². The summed E-state index contributed by atoms with van der Waals surface area (Å²) in [7, 11) is 0. The number of benzene rings is 1. The number of ether oxygens (including phenoxy) is 2. The average molecular weight is 452 g/mol. The maximum Gasteiger partial charge on any atom is 0.226 e. The van der Waals surface area contributed by atoms with Gasteiger partial charge in [-0.1, -0.05) is 0 Å². The number of hydrogen-bond donors (Lipinski definition) is 3. The van der Waals surface area contributed by atoms with Gasteiger partial charge in [-0.05, 0) is 31.4 Å². The van der Waals surface area contributed by atoms with E-state index in [4.69, 9.17) is 9.47 Å². The van der Waals surface area contributed by atoms with Gasteiger partial charge in [-0.2, -0.15) is 5.10 Å². The minimum atomic E-state index is 0.0117. The molecule has 10 heteroatoms. The van der Waals surface area contributed by atoms with Crippen molar-refractivity contribution >= 4 is 28.4 Å². The first kappa shape index (κ1) is 21.6. The summed E-state index contributed by atoms with van der Waals surface area (Å²) >= 11 is 0. The number of nitrogens with one attached hydrogen (secondary N) is 3. The topological polar surface area (TPSA) is 117 Å². The van der Waals surface area contributed by atoms with E-state index >= 15 is 0 Å². The molecule has 3 aromatic rings. The van der Waals surface area contributed by atoms with E-state index in [2.05, 4.69) is 35.7 Å². The van der Waals surface area contributed by atoms with Crippen molar-refractivity contribution in [1.29, 1.82) is 0 Å². The van der Waals surface area contributed by atoms with Gasteiger partial charge in [0.15, 0.2) is 5.82 Å². The minimum absolute atomic E-state index is 0.0117. The van der Waals surface area contributed by atoms with Crippen LogP contribution in [0.15, 0.2) is 30.6 Å². The zero-order chi connectivity index (χ0) is 22.5. The van der Waals surface area contributed by atoms with Gasteiger partial charge in [0.2, 0.25) is 5.91 Å². The van der Waals surface area contributed by atoms with Crippen LogP contribution >= 0.6 is 0 Å². The van der Waals surface area contributed by atoms with Crippen LogP contribution in [0.2, 0.25) is 0 Å². The van der Waals surface area contributed by atoms with E-state index in [1.807, 2.05) is 24.3 Å². The molecule has 33 heavy (non-hydrogen) atoms. The highest BCUT2D eigenvalue weighted by Crippen LogP contribution is 2.26. The zero-order valence-electron chi connectivity index (χ0n) is 18.5. The maximum atomic E-state index is 12.0. The van der Waals surface area contributed by atoms with Crippen LogP contribution in [0, 0.1) is 0 Å².